The third-order valence-electron chi connectivity index (χ3n) is 8.17. The Kier molecular flexibility index (Phi) is 8.12. The van der Waals surface area contributed by atoms with Gasteiger partial charge in [-0.2, -0.15) is 4.31 Å². The molecule has 16 heteroatoms. The van der Waals surface area contributed by atoms with Crippen LogP contribution in [0.25, 0.3) is 10.9 Å². The number of rotatable bonds is 6. The summed E-state index contributed by atoms with van der Waals surface area (Å²) in [4.78, 5) is 39.1. The molecule has 0 radical (unpaired) electrons. The summed E-state index contributed by atoms with van der Waals surface area (Å²) < 4.78 is 34.4. The number of piperazine rings is 1. The van der Waals surface area contributed by atoms with Crippen molar-refractivity contribution in [2.75, 3.05) is 45.9 Å². The van der Waals surface area contributed by atoms with E-state index >= 15 is 0 Å². The quantitative estimate of drug-likeness (QED) is 0.130. The van der Waals surface area contributed by atoms with Crippen LogP contribution in [0.3, 0.4) is 0 Å². The minimum atomic E-state index is -4.02. The fourth-order valence-electron chi connectivity index (χ4n) is 5.76. The number of amides is 2. The Labute approximate surface area is 252 Å². The molecule has 0 saturated carbocycles. The number of hydrogen-bond acceptors (Lipinski definition) is 10. The number of sulfonamides is 1. The van der Waals surface area contributed by atoms with E-state index in [0.29, 0.717) is 54.3 Å². The zero-order valence-electron chi connectivity index (χ0n) is 23.7. The van der Waals surface area contributed by atoms with Crippen LogP contribution in [0.15, 0.2) is 34.4 Å². The van der Waals surface area contributed by atoms with Crippen molar-refractivity contribution in [3.05, 3.63) is 45.4 Å². The lowest BCUT2D eigenvalue weighted by molar-refractivity contribution is -0.136. The molecule has 2 fully saturated rings. The van der Waals surface area contributed by atoms with Gasteiger partial charge in [-0.25, -0.2) is 13.4 Å². The molecule has 0 bridgehead atoms. The Morgan fingerprint density at radius 3 is 2.77 bits per heavy atom. The molecule has 5 N–H and O–H groups in total. The number of ether oxygens (including phenoxy) is 1. The van der Waals surface area contributed by atoms with Gasteiger partial charge in [0.05, 0.1) is 24.9 Å². The maximum absolute atomic E-state index is 13.8. The van der Waals surface area contributed by atoms with Crippen molar-refractivity contribution in [2.24, 2.45) is 10.9 Å². The van der Waals surface area contributed by atoms with Gasteiger partial charge in [0.2, 0.25) is 5.91 Å². The number of morpholine rings is 1. The first-order valence-corrected chi connectivity index (χ1v) is 16.4. The molecule has 2 amide bonds. The predicted octanol–water partition coefficient (Wildman–Crippen LogP) is 0.517. The fourth-order valence-corrected chi connectivity index (χ4v) is 8.24. The zero-order valence-corrected chi connectivity index (χ0v) is 25.3. The lowest BCUT2D eigenvalue weighted by Gasteiger charge is -2.41. The number of aromatic nitrogens is 2. The molecule has 3 aliphatic heterocycles. The summed E-state index contributed by atoms with van der Waals surface area (Å²) >= 11 is 1.35. The highest BCUT2D eigenvalue weighted by atomic mass is 32.2. The summed E-state index contributed by atoms with van der Waals surface area (Å²) in [5.74, 6) is -0.527. The van der Waals surface area contributed by atoms with Gasteiger partial charge < -0.3 is 35.8 Å². The van der Waals surface area contributed by atoms with Crippen LogP contribution < -0.4 is 11.1 Å². The van der Waals surface area contributed by atoms with Gasteiger partial charge in [-0.05, 0) is 31.2 Å². The van der Waals surface area contributed by atoms with Crippen molar-refractivity contribution in [3.8, 4) is 0 Å². The summed E-state index contributed by atoms with van der Waals surface area (Å²) in [5, 5.41) is 16.3. The van der Waals surface area contributed by atoms with Crippen LogP contribution in [0.4, 0.5) is 0 Å². The number of amidine groups is 1. The normalized spacial score (nSPS) is 22.1. The summed E-state index contributed by atoms with van der Waals surface area (Å²) in [6.45, 7) is 4.64. The Hall–Kier alpha value is -3.57. The molecule has 0 aliphatic carbocycles. The molecule has 3 aromatic rings. The number of nitrogens with zero attached hydrogens (tertiary/aromatic N) is 5. The molecule has 3 aliphatic rings. The van der Waals surface area contributed by atoms with Crippen LogP contribution in [-0.2, 0) is 32.5 Å². The number of nitrogens with one attached hydrogen (secondary N) is 2. The number of H-pyrrole nitrogens is 1. The first-order valence-electron chi connectivity index (χ1n) is 14.1. The second-order valence-electron chi connectivity index (χ2n) is 11.0. The number of hydrogen-bond donors (Lipinski definition) is 4. The van der Waals surface area contributed by atoms with E-state index in [1.807, 2.05) is 0 Å². The van der Waals surface area contributed by atoms with E-state index in [-0.39, 0.29) is 54.8 Å². The van der Waals surface area contributed by atoms with Crippen LogP contribution in [0.1, 0.15) is 39.3 Å². The van der Waals surface area contributed by atoms with E-state index in [1.54, 1.807) is 28.0 Å². The zero-order chi connectivity index (χ0) is 30.3. The second-order valence-corrected chi connectivity index (χ2v) is 14.0. The average molecular weight is 631 g/mol. The average Bonchev–Trinajstić information content (AvgIpc) is 3.65. The van der Waals surface area contributed by atoms with Gasteiger partial charge in [-0.1, -0.05) is 5.16 Å². The van der Waals surface area contributed by atoms with Gasteiger partial charge in [0, 0.05) is 79.5 Å². The van der Waals surface area contributed by atoms with Crippen molar-refractivity contribution in [1.82, 2.24) is 29.4 Å². The highest BCUT2D eigenvalue weighted by Crippen LogP contribution is 2.29. The Morgan fingerprint density at radius 1 is 1.21 bits per heavy atom. The van der Waals surface area contributed by atoms with Crippen molar-refractivity contribution >= 4 is 49.9 Å². The standard InChI is InChI=1S/C27H34N8O6S2/c1-16-10-21-22(14-29-16)42-26(31-21)27(37)35-5-4-34(15-19(35)13-24(36)33-6-8-41-9-7-33)43(39,40)23-12-18-11-17(25(28)32-38)2-3-20(18)30-23/h2-3,11-12,16,19,29-30,38H,4-10,13-15H2,1H3,(H2,28,32). The molecule has 230 valence electrons. The number of thiazole rings is 1. The topological polar surface area (TPSA) is 187 Å². The number of nitrogens with two attached hydrogens (primary N) is 1. The molecule has 1 aromatic carbocycles. The van der Waals surface area contributed by atoms with E-state index in [0.717, 1.165) is 17.0 Å². The largest absolute Gasteiger partial charge is 0.409 e. The Morgan fingerprint density at radius 2 is 2.00 bits per heavy atom. The van der Waals surface area contributed by atoms with Gasteiger partial charge in [0.1, 0.15) is 5.03 Å². The molecule has 0 spiro atoms. The van der Waals surface area contributed by atoms with Gasteiger partial charge >= 0.3 is 0 Å². The highest BCUT2D eigenvalue weighted by Gasteiger charge is 2.40. The molecule has 6 rings (SSSR count). The lowest BCUT2D eigenvalue weighted by atomic mass is 10.1. The smallest absolute Gasteiger partial charge is 0.283 e. The molecule has 2 atom stereocenters. The van der Waals surface area contributed by atoms with Gasteiger partial charge in [-0.15, -0.1) is 11.3 Å². The van der Waals surface area contributed by atoms with Crippen LogP contribution in [-0.4, -0.2) is 113 Å². The molecule has 2 unspecified atom stereocenters. The third-order valence-corrected chi connectivity index (χ3v) is 11.0. The first-order chi connectivity index (χ1) is 20.6. The maximum Gasteiger partial charge on any atom is 0.283 e. The SMILES string of the molecule is CC1Cc2nc(C(=O)N3CCN(S(=O)(=O)c4cc5cc(C(N)=NO)ccc5[nH]4)CC3CC(=O)N3CCOCC3)sc2CN1. The minimum Gasteiger partial charge on any atom is -0.409 e. The number of benzene rings is 1. The molecule has 2 saturated heterocycles. The minimum absolute atomic E-state index is 0.0166. The Balaban J connectivity index is 1.27. The number of fused-ring (bicyclic) bond motifs is 2. The number of carbonyl (C=O) groups is 2. The first kappa shape index (κ1) is 29.5. The van der Waals surface area contributed by atoms with E-state index in [1.165, 1.54) is 21.7 Å². The number of oxime groups is 1. The van der Waals surface area contributed by atoms with Crippen LogP contribution in [0, 0.1) is 0 Å². The van der Waals surface area contributed by atoms with Crippen LogP contribution in [0.5, 0.6) is 0 Å². The summed E-state index contributed by atoms with van der Waals surface area (Å²) in [7, 11) is -4.02. The predicted molar refractivity (Wildman–Crippen MR) is 159 cm³/mol. The van der Waals surface area contributed by atoms with Crippen LogP contribution in [0.2, 0.25) is 0 Å². The van der Waals surface area contributed by atoms with Gasteiger partial charge in [0.15, 0.2) is 10.8 Å². The van der Waals surface area contributed by atoms with Crippen molar-refractivity contribution in [3.63, 3.8) is 0 Å². The second kappa shape index (κ2) is 11.8. The molecule has 5 heterocycles. The van der Waals surface area contributed by atoms with Crippen molar-refractivity contribution < 1.29 is 28.0 Å². The highest BCUT2D eigenvalue weighted by molar-refractivity contribution is 7.89. The van der Waals surface area contributed by atoms with E-state index in [9.17, 15) is 18.0 Å². The van der Waals surface area contributed by atoms with Gasteiger partial charge in [-0.3, -0.25) is 9.59 Å². The Bertz CT molecular complexity index is 1680. The molecule has 2 aromatic heterocycles. The number of aromatic amines is 1. The maximum atomic E-state index is 13.8. The molecule has 14 nitrogen and oxygen atoms in total. The summed E-state index contributed by atoms with van der Waals surface area (Å²) in [6, 6.07) is 5.99. The van der Waals surface area contributed by atoms with Crippen molar-refractivity contribution in [2.45, 2.75) is 43.4 Å². The molecular formula is C27H34N8O6S2. The van der Waals surface area contributed by atoms with Crippen LogP contribution >= 0.6 is 11.3 Å². The van der Waals surface area contributed by atoms with Gasteiger partial charge in [0.25, 0.3) is 15.9 Å². The number of carbonyl (C=O) groups excluding carboxylic acids is 2. The van der Waals surface area contributed by atoms with Crippen molar-refractivity contribution in [1.29, 1.82) is 0 Å². The van der Waals surface area contributed by atoms with E-state index in [4.69, 9.17) is 15.7 Å². The summed E-state index contributed by atoms with van der Waals surface area (Å²) in [6.07, 6.45) is 0.715. The molecule has 43 heavy (non-hydrogen) atoms. The monoisotopic (exact) mass is 630 g/mol. The van der Waals surface area contributed by atoms with E-state index < -0.39 is 16.1 Å². The fraction of sp³-hybridized carbons (Fsp3) is 0.481. The summed E-state index contributed by atoms with van der Waals surface area (Å²) in [5.41, 5.74) is 7.63. The van der Waals surface area contributed by atoms with E-state index in [2.05, 4.69) is 27.4 Å². The third kappa shape index (κ3) is 5.84. The lowest BCUT2D eigenvalue weighted by Crippen LogP contribution is -2.58. The molecular weight excluding hydrogens is 596 g/mol.